The van der Waals surface area contributed by atoms with Gasteiger partial charge in [0, 0.05) is 18.2 Å². The second-order valence-electron chi connectivity index (χ2n) is 5.60. The summed E-state index contributed by atoms with van der Waals surface area (Å²) in [4.78, 5) is 4.38. The molecule has 1 nitrogen and oxygen atoms in total. The molecule has 0 fully saturated rings. The molecule has 2 heteroatoms. The SMILES string of the molecule is C=CCc1ccc(-c2ccc(C#CCCCC(C)F)nc2)cc1. The summed E-state index contributed by atoms with van der Waals surface area (Å²) in [6, 6.07) is 12.4. The number of hydrogen-bond acceptors (Lipinski definition) is 1. The van der Waals surface area contributed by atoms with Crippen LogP contribution in [0.3, 0.4) is 0 Å². The third kappa shape index (κ3) is 5.71. The predicted molar refractivity (Wildman–Crippen MR) is 94.9 cm³/mol. The molecule has 1 aromatic carbocycles. The third-order valence-corrected chi connectivity index (χ3v) is 3.55. The Balaban J connectivity index is 1.96. The van der Waals surface area contributed by atoms with Crippen molar-refractivity contribution in [2.24, 2.45) is 0 Å². The minimum absolute atomic E-state index is 0.572. The molecule has 0 saturated carbocycles. The van der Waals surface area contributed by atoms with Crippen molar-refractivity contribution in [3.63, 3.8) is 0 Å². The zero-order valence-corrected chi connectivity index (χ0v) is 13.6. The highest BCUT2D eigenvalue weighted by Gasteiger charge is 1.99. The zero-order chi connectivity index (χ0) is 16.5. The van der Waals surface area contributed by atoms with E-state index in [1.54, 1.807) is 6.92 Å². The van der Waals surface area contributed by atoms with Gasteiger partial charge in [-0.3, -0.25) is 0 Å². The summed E-state index contributed by atoms with van der Waals surface area (Å²) in [7, 11) is 0. The van der Waals surface area contributed by atoms with E-state index in [0.29, 0.717) is 12.8 Å². The first-order valence-electron chi connectivity index (χ1n) is 7.98. The van der Waals surface area contributed by atoms with Gasteiger partial charge in [0.1, 0.15) is 5.69 Å². The van der Waals surface area contributed by atoms with Crippen LogP contribution in [0.5, 0.6) is 0 Å². The highest BCUT2D eigenvalue weighted by molar-refractivity contribution is 5.63. The number of rotatable bonds is 6. The zero-order valence-electron chi connectivity index (χ0n) is 13.6. The molecular weight excluding hydrogens is 285 g/mol. The van der Waals surface area contributed by atoms with Crippen molar-refractivity contribution in [1.29, 1.82) is 0 Å². The number of hydrogen-bond donors (Lipinski definition) is 0. The Labute approximate surface area is 138 Å². The Bertz CT molecular complexity index is 673. The Morgan fingerprint density at radius 3 is 2.52 bits per heavy atom. The van der Waals surface area contributed by atoms with Gasteiger partial charge < -0.3 is 0 Å². The van der Waals surface area contributed by atoms with Crippen molar-refractivity contribution in [1.82, 2.24) is 4.98 Å². The molecule has 2 aromatic rings. The van der Waals surface area contributed by atoms with Gasteiger partial charge in [-0.05, 0) is 49.3 Å². The Kier molecular flexibility index (Phi) is 6.56. The fraction of sp³-hybridized carbons (Fsp3) is 0.286. The van der Waals surface area contributed by atoms with Crippen LogP contribution in [0.4, 0.5) is 4.39 Å². The smallest absolute Gasteiger partial charge is 0.113 e. The lowest BCUT2D eigenvalue weighted by atomic mass is 10.0. The van der Waals surface area contributed by atoms with Crippen LogP contribution >= 0.6 is 0 Å². The van der Waals surface area contributed by atoms with E-state index in [1.807, 2.05) is 24.4 Å². The number of halogens is 1. The van der Waals surface area contributed by atoms with Crippen molar-refractivity contribution in [2.45, 2.75) is 38.8 Å². The number of allylic oxidation sites excluding steroid dienone is 1. The van der Waals surface area contributed by atoms with E-state index in [9.17, 15) is 4.39 Å². The average Bonchev–Trinajstić information content (AvgIpc) is 2.56. The molecule has 0 aliphatic carbocycles. The van der Waals surface area contributed by atoms with E-state index in [-0.39, 0.29) is 0 Å². The Hall–Kier alpha value is -2.40. The maximum absolute atomic E-state index is 12.7. The van der Waals surface area contributed by atoms with E-state index in [1.165, 1.54) is 5.56 Å². The molecule has 1 heterocycles. The number of pyridine rings is 1. The third-order valence-electron chi connectivity index (χ3n) is 3.55. The van der Waals surface area contributed by atoms with Crippen LogP contribution in [0.25, 0.3) is 11.1 Å². The monoisotopic (exact) mass is 307 g/mol. The molecule has 1 atom stereocenters. The molecule has 1 aromatic heterocycles. The summed E-state index contributed by atoms with van der Waals surface area (Å²) in [6.45, 7) is 5.33. The van der Waals surface area contributed by atoms with E-state index in [0.717, 1.165) is 29.7 Å². The summed E-state index contributed by atoms with van der Waals surface area (Å²) in [5.41, 5.74) is 4.22. The van der Waals surface area contributed by atoms with Gasteiger partial charge in [0.15, 0.2) is 0 Å². The number of unbranched alkanes of at least 4 members (excludes halogenated alkanes) is 1. The minimum atomic E-state index is -0.743. The van der Waals surface area contributed by atoms with Gasteiger partial charge in [-0.15, -0.1) is 6.58 Å². The molecule has 0 saturated heterocycles. The summed E-state index contributed by atoms with van der Waals surface area (Å²) < 4.78 is 12.7. The first-order valence-corrected chi connectivity index (χ1v) is 7.98. The van der Waals surface area contributed by atoms with Crippen LogP contribution in [0, 0.1) is 11.8 Å². The lowest BCUT2D eigenvalue weighted by Crippen LogP contribution is -1.90. The topological polar surface area (TPSA) is 12.9 Å². The molecule has 0 N–H and O–H groups in total. The average molecular weight is 307 g/mol. The highest BCUT2D eigenvalue weighted by Crippen LogP contribution is 2.19. The van der Waals surface area contributed by atoms with E-state index >= 15 is 0 Å². The Morgan fingerprint density at radius 2 is 1.91 bits per heavy atom. The lowest BCUT2D eigenvalue weighted by molar-refractivity contribution is 0.336. The lowest BCUT2D eigenvalue weighted by Gasteiger charge is -2.03. The first kappa shape index (κ1) is 17.0. The second kappa shape index (κ2) is 8.90. The van der Waals surface area contributed by atoms with Crippen molar-refractivity contribution >= 4 is 0 Å². The first-order chi connectivity index (χ1) is 11.2. The maximum Gasteiger partial charge on any atom is 0.113 e. The molecule has 0 radical (unpaired) electrons. The molecule has 0 amide bonds. The highest BCUT2D eigenvalue weighted by atomic mass is 19.1. The van der Waals surface area contributed by atoms with Gasteiger partial charge in [-0.1, -0.05) is 42.3 Å². The molecule has 0 aliphatic heterocycles. The number of nitrogens with zero attached hydrogens (tertiary/aromatic N) is 1. The van der Waals surface area contributed by atoms with E-state index in [2.05, 4.69) is 47.7 Å². The summed E-state index contributed by atoms with van der Waals surface area (Å²) in [5, 5.41) is 0. The fourth-order valence-corrected chi connectivity index (χ4v) is 2.26. The normalized spacial score (nSPS) is 11.4. The van der Waals surface area contributed by atoms with Crippen molar-refractivity contribution in [2.75, 3.05) is 0 Å². The van der Waals surface area contributed by atoms with Crippen molar-refractivity contribution in [3.05, 3.63) is 66.5 Å². The number of aromatic nitrogens is 1. The fourth-order valence-electron chi connectivity index (χ4n) is 2.26. The van der Waals surface area contributed by atoms with Gasteiger partial charge in [0.25, 0.3) is 0 Å². The van der Waals surface area contributed by atoms with Crippen LogP contribution in [0.15, 0.2) is 55.3 Å². The largest absolute Gasteiger partial charge is 0.248 e. The molecule has 0 spiro atoms. The van der Waals surface area contributed by atoms with Crippen molar-refractivity contribution < 1.29 is 4.39 Å². The summed E-state index contributed by atoms with van der Waals surface area (Å²) >= 11 is 0. The molecule has 23 heavy (non-hydrogen) atoms. The minimum Gasteiger partial charge on any atom is -0.248 e. The Morgan fingerprint density at radius 1 is 1.17 bits per heavy atom. The summed E-state index contributed by atoms with van der Waals surface area (Å²) in [6.07, 6.45) is 5.96. The van der Waals surface area contributed by atoms with E-state index < -0.39 is 6.17 Å². The van der Waals surface area contributed by atoms with Crippen LogP contribution in [0.1, 0.15) is 37.4 Å². The van der Waals surface area contributed by atoms with Crippen LogP contribution in [-0.2, 0) is 6.42 Å². The number of benzene rings is 1. The molecule has 2 rings (SSSR count). The van der Waals surface area contributed by atoms with E-state index in [4.69, 9.17) is 0 Å². The van der Waals surface area contributed by atoms with Gasteiger partial charge in [-0.2, -0.15) is 0 Å². The van der Waals surface area contributed by atoms with Gasteiger partial charge in [-0.25, -0.2) is 9.37 Å². The van der Waals surface area contributed by atoms with Gasteiger partial charge in [0.05, 0.1) is 6.17 Å². The summed E-state index contributed by atoms with van der Waals surface area (Å²) in [5.74, 6) is 6.08. The quantitative estimate of drug-likeness (QED) is 0.398. The predicted octanol–water partition coefficient (Wildman–Crippen LogP) is 5.36. The number of alkyl halides is 1. The molecule has 0 bridgehead atoms. The van der Waals surface area contributed by atoms with Crippen LogP contribution in [0.2, 0.25) is 0 Å². The van der Waals surface area contributed by atoms with Gasteiger partial charge >= 0.3 is 0 Å². The second-order valence-corrected chi connectivity index (χ2v) is 5.60. The molecule has 118 valence electrons. The van der Waals surface area contributed by atoms with Crippen LogP contribution < -0.4 is 0 Å². The van der Waals surface area contributed by atoms with Crippen molar-refractivity contribution in [3.8, 4) is 23.0 Å². The molecule has 1 unspecified atom stereocenters. The van der Waals surface area contributed by atoms with Crippen LogP contribution in [-0.4, -0.2) is 11.2 Å². The van der Waals surface area contributed by atoms with Gasteiger partial charge in [0.2, 0.25) is 0 Å². The molecular formula is C21H22FN. The standard InChI is InChI=1S/C21H22FN/c1-3-7-18-10-12-19(13-11-18)20-14-15-21(23-16-20)9-6-4-5-8-17(2)22/h3,10-17H,1,4-5,7-8H2,2H3. The molecule has 0 aliphatic rings. The maximum atomic E-state index is 12.7.